The van der Waals surface area contributed by atoms with Crippen molar-refractivity contribution in [2.45, 2.75) is 6.92 Å². The summed E-state index contributed by atoms with van der Waals surface area (Å²) < 4.78 is 26.2. The molecule has 4 nitrogen and oxygen atoms in total. The lowest BCUT2D eigenvalue weighted by Crippen LogP contribution is -2.20. The minimum Gasteiger partial charge on any atom is -0.305 e. The highest BCUT2D eigenvalue weighted by molar-refractivity contribution is 5.99. The molecule has 2 N–H and O–H groups in total. The van der Waals surface area contributed by atoms with Gasteiger partial charge in [0.2, 0.25) is 0 Å². The normalized spacial score (nSPS) is 10.1. The second kappa shape index (κ2) is 5.43. The zero-order valence-corrected chi connectivity index (χ0v) is 10.1. The number of hydrogen-bond acceptors (Lipinski definition) is 2. The first-order valence-corrected chi connectivity index (χ1v) is 5.50. The van der Waals surface area contributed by atoms with Crippen molar-refractivity contribution in [2.24, 2.45) is 0 Å². The number of nitrogens with zero attached hydrogens (tertiary/aromatic N) is 1. The number of amides is 2. The lowest BCUT2D eigenvalue weighted by atomic mass is 10.3. The van der Waals surface area contributed by atoms with Crippen molar-refractivity contribution >= 4 is 17.5 Å². The minimum atomic E-state index is -0.714. The summed E-state index contributed by atoms with van der Waals surface area (Å²) in [6.07, 6.45) is 1.54. The molecule has 2 aromatic rings. The molecule has 0 saturated heterocycles. The van der Waals surface area contributed by atoms with Gasteiger partial charge in [-0.1, -0.05) is 0 Å². The lowest BCUT2D eigenvalue weighted by Gasteiger charge is -2.08. The molecule has 2 rings (SSSR count). The molecule has 0 bridgehead atoms. The number of carbonyl (C=O) groups is 1. The van der Waals surface area contributed by atoms with E-state index in [4.69, 9.17) is 0 Å². The first-order valence-electron chi connectivity index (χ1n) is 5.50. The fourth-order valence-corrected chi connectivity index (χ4v) is 1.47. The van der Waals surface area contributed by atoms with Crippen LogP contribution in [-0.4, -0.2) is 11.0 Å². The van der Waals surface area contributed by atoms with Gasteiger partial charge < -0.3 is 5.32 Å². The molecule has 1 heterocycles. The standard InChI is InChI=1S/C13H11F2N3O/c1-8-4-5-16-12(6-8)18-13(19)17-11-7-9(14)2-3-10(11)15/h2-7H,1H3,(H2,16,17,18,19). The van der Waals surface area contributed by atoms with Crippen LogP contribution in [-0.2, 0) is 0 Å². The molecule has 0 spiro atoms. The molecule has 98 valence electrons. The van der Waals surface area contributed by atoms with Crippen molar-refractivity contribution in [2.75, 3.05) is 10.6 Å². The molecule has 0 unspecified atom stereocenters. The lowest BCUT2D eigenvalue weighted by molar-refractivity contribution is 0.262. The van der Waals surface area contributed by atoms with Crippen LogP contribution in [0.2, 0.25) is 0 Å². The molecular formula is C13H11F2N3O. The summed E-state index contributed by atoms with van der Waals surface area (Å²) in [5.74, 6) is -1.02. The van der Waals surface area contributed by atoms with Crippen molar-refractivity contribution in [3.63, 3.8) is 0 Å². The average Bonchev–Trinajstić information content (AvgIpc) is 2.34. The summed E-state index contributed by atoms with van der Waals surface area (Å²) in [6.45, 7) is 1.84. The van der Waals surface area contributed by atoms with Crippen LogP contribution < -0.4 is 10.6 Å². The van der Waals surface area contributed by atoms with Gasteiger partial charge in [-0.2, -0.15) is 0 Å². The molecular weight excluding hydrogens is 252 g/mol. The number of anilines is 2. The summed E-state index contributed by atoms with van der Waals surface area (Å²) in [6, 6.07) is 5.55. The van der Waals surface area contributed by atoms with Gasteiger partial charge in [-0.15, -0.1) is 0 Å². The molecule has 0 aliphatic heterocycles. The number of nitrogens with one attached hydrogen (secondary N) is 2. The predicted molar refractivity (Wildman–Crippen MR) is 68.0 cm³/mol. The Labute approximate surface area is 108 Å². The molecule has 19 heavy (non-hydrogen) atoms. The van der Waals surface area contributed by atoms with Crippen LogP contribution >= 0.6 is 0 Å². The third-order valence-corrected chi connectivity index (χ3v) is 2.33. The molecule has 0 radical (unpaired) electrons. The van der Waals surface area contributed by atoms with Gasteiger partial charge in [-0.05, 0) is 36.8 Å². The Kier molecular flexibility index (Phi) is 3.70. The fourth-order valence-electron chi connectivity index (χ4n) is 1.47. The number of urea groups is 1. The monoisotopic (exact) mass is 263 g/mol. The van der Waals surface area contributed by atoms with Gasteiger partial charge in [-0.25, -0.2) is 18.6 Å². The van der Waals surface area contributed by atoms with Gasteiger partial charge >= 0.3 is 6.03 Å². The number of aryl methyl sites for hydroxylation is 1. The zero-order valence-electron chi connectivity index (χ0n) is 10.1. The van der Waals surface area contributed by atoms with Crippen molar-refractivity contribution in [1.82, 2.24) is 4.98 Å². The van der Waals surface area contributed by atoms with Crippen molar-refractivity contribution in [1.29, 1.82) is 0 Å². The Hall–Kier alpha value is -2.50. The van der Waals surface area contributed by atoms with Gasteiger partial charge in [0.05, 0.1) is 5.69 Å². The van der Waals surface area contributed by atoms with Crippen LogP contribution in [0, 0.1) is 18.6 Å². The summed E-state index contributed by atoms with van der Waals surface area (Å²) in [4.78, 5) is 15.5. The van der Waals surface area contributed by atoms with E-state index in [1.54, 1.807) is 12.1 Å². The maximum Gasteiger partial charge on any atom is 0.324 e. The van der Waals surface area contributed by atoms with E-state index in [1.165, 1.54) is 6.20 Å². The van der Waals surface area contributed by atoms with E-state index in [0.717, 1.165) is 23.8 Å². The highest BCUT2D eigenvalue weighted by Crippen LogP contribution is 2.15. The SMILES string of the molecule is Cc1ccnc(NC(=O)Nc2cc(F)ccc2F)c1. The van der Waals surface area contributed by atoms with Gasteiger partial charge in [0.1, 0.15) is 17.5 Å². The molecule has 2 amide bonds. The van der Waals surface area contributed by atoms with Crippen LogP contribution in [0.4, 0.5) is 25.1 Å². The number of hydrogen-bond donors (Lipinski definition) is 2. The summed E-state index contributed by atoms with van der Waals surface area (Å²) in [5.41, 5.74) is 0.687. The zero-order chi connectivity index (χ0) is 13.8. The van der Waals surface area contributed by atoms with E-state index in [9.17, 15) is 13.6 Å². The third-order valence-electron chi connectivity index (χ3n) is 2.33. The molecule has 0 saturated carbocycles. The second-order valence-corrected chi connectivity index (χ2v) is 3.92. The Balaban J connectivity index is 2.07. The molecule has 0 aliphatic carbocycles. The first kappa shape index (κ1) is 12.9. The van der Waals surface area contributed by atoms with E-state index < -0.39 is 17.7 Å². The number of rotatable bonds is 2. The maximum atomic E-state index is 13.3. The van der Waals surface area contributed by atoms with Crippen molar-refractivity contribution < 1.29 is 13.6 Å². The number of aromatic nitrogens is 1. The van der Waals surface area contributed by atoms with Gasteiger partial charge in [0.25, 0.3) is 0 Å². The number of halogens is 2. The van der Waals surface area contributed by atoms with E-state index in [-0.39, 0.29) is 5.69 Å². The van der Waals surface area contributed by atoms with E-state index >= 15 is 0 Å². The average molecular weight is 263 g/mol. The van der Waals surface area contributed by atoms with E-state index in [2.05, 4.69) is 15.6 Å². The molecule has 1 aromatic heterocycles. The van der Waals surface area contributed by atoms with Gasteiger partial charge in [0, 0.05) is 12.3 Å². The van der Waals surface area contributed by atoms with Crippen LogP contribution in [0.5, 0.6) is 0 Å². The first-order chi connectivity index (χ1) is 9.04. The van der Waals surface area contributed by atoms with E-state index in [1.807, 2.05) is 6.92 Å². The Morgan fingerprint density at radius 3 is 2.68 bits per heavy atom. The van der Waals surface area contributed by atoms with Crippen LogP contribution in [0.15, 0.2) is 36.5 Å². The molecule has 0 aliphatic rings. The largest absolute Gasteiger partial charge is 0.324 e. The minimum absolute atomic E-state index is 0.231. The van der Waals surface area contributed by atoms with Gasteiger partial charge in [-0.3, -0.25) is 5.32 Å². The highest BCUT2D eigenvalue weighted by atomic mass is 19.1. The van der Waals surface area contributed by atoms with Gasteiger partial charge in [0.15, 0.2) is 0 Å². The molecule has 6 heteroatoms. The highest BCUT2D eigenvalue weighted by Gasteiger charge is 2.08. The Morgan fingerprint density at radius 1 is 1.16 bits per heavy atom. The van der Waals surface area contributed by atoms with Crippen molar-refractivity contribution in [3.8, 4) is 0 Å². The Bertz CT molecular complexity index is 617. The molecule has 1 aromatic carbocycles. The predicted octanol–water partition coefficient (Wildman–Crippen LogP) is 3.31. The quantitative estimate of drug-likeness (QED) is 0.873. The number of pyridine rings is 1. The van der Waals surface area contributed by atoms with Crippen LogP contribution in [0.1, 0.15) is 5.56 Å². The summed E-state index contributed by atoms with van der Waals surface area (Å²) in [5, 5.41) is 4.64. The van der Waals surface area contributed by atoms with Crippen LogP contribution in [0.25, 0.3) is 0 Å². The molecule has 0 atom stereocenters. The second-order valence-electron chi connectivity index (χ2n) is 3.92. The fraction of sp³-hybridized carbons (Fsp3) is 0.0769. The smallest absolute Gasteiger partial charge is 0.305 e. The van der Waals surface area contributed by atoms with Crippen LogP contribution in [0.3, 0.4) is 0 Å². The summed E-state index contributed by atoms with van der Waals surface area (Å²) >= 11 is 0. The summed E-state index contributed by atoms with van der Waals surface area (Å²) in [7, 11) is 0. The van der Waals surface area contributed by atoms with E-state index in [0.29, 0.717) is 5.82 Å². The molecule has 0 fully saturated rings. The number of carbonyl (C=O) groups excluding carboxylic acids is 1. The third kappa shape index (κ3) is 3.48. The maximum absolute atomic E-state index is 13.3. The Morgan fingerprint density at radius 2 is 1.95 bits per heavy atom. The number of benzene rings is 1. The topological polar surface area (TPSA) is 54.0 Å². The van der Waals surface area contributed by atoms with Crippen molar-refractivity contribution in [3.05, 3.63) is 53.7 Å².